The van der Waals surface area contributed by atoms with Crippen LogP contribution in [0.4, 0.5) is 11.4 Å². The van der Waals surface area contributed by atoms with Gasteiger partial charge in [0.25, 0.3) is 0 Å². The van der Waals surface area contributed by atoms with Crippen LogP contribution in [0.25, 0.3) is 154 Å². The minimum Gasteiger partial charge on any atom is -0.309 e. The first-order chi connectivity index (χ1) is 43.4. The molecule has 0 N–H and O–H groups in total. The molecule has 0 aliphatic heterocycles. The summed E-state index contributed by atoms with van der Waals surface area (Å²) in [7, 11) is 0. The SMILES string of the molecule is [C-]#[N+]c1cccc(-c2ccc3c(c2)c2cc(-c4cccc([N+]#[C-])c4)ccc2n3-c2cc(-c3nc(-c4ccccc4)cc(-c4ccccc4)n3)ccc2-c2ccccc2-n2c3ccc(-c4cccc(C#N)c4)cc3c3cc(-c4cccc(C#N)c4)ccc32)c1. The third-order valence-corrected chi connectivity index (χ3v) is 16.6. The first-order valence-electron chi connectivity index (χ1n) is 28.8. The predicted molar refractivity (Wildman–Crippen MR) is 356 cm³/mol. The molecule has 0 aliphatic rings. The topological polar surface area (TPSA) is 91.9 Å². The van der Waals surface area contributed by atoms with Crippen molar-refractivity contribution >= 4 is 55.0 Å². The molecule has 3 aromatic heterocycles. The van der Waals surface area contributed by atoms with Crippen molar-refractivity contribution in [1.82, 2.24) is 19.1 Å². The van der Waals surface area contributed by atoms with Crippen LogP contribution in [0.3, 0.4) is 0 Å². The quantitative estimate of drug-likeness (QED) is 0.128. The molecule has 0 unspecified atom stereocenters. The van der Waals surface area contributed by atoms with Crippen LogP contribution in [0, 0.1) is 35.8 Å². The zero-order valence-corrected chi connectivity index (χ0v) is 47.1. The second-order valence-corrected chi connectivity index (χ2v) is 21.8. The van der Waals surface area contributed by atoms with E-state index in [2.05, 4.69) is 189 Å². The van der Waals surface area contributed by atoms with Crippen LogP contribution in [-0.4, -0.2) is 19.1 Å². The van der Waals surface area contributed by atoms with E-state index in [-0.39, 0.29) is 0 Å². The second kappa shape index (κ2) is 21.8. The van der Waals surface area contributed by atoms with Gasteiger partial charge >= 0.3 is 0 Å². The summed E-state index contributed by atoms with van der Waals surface area (Å²) < 4.78 is 4.73. The standard InChI is InChI=1S/C80H46N8/c1-83-64-25-13-23-57(41-64)61-32-37-77-70(45-61)71-46-62(58-24-14-26-65(42-58)84-2)33-38-78(71)88(77)79-47-63(80-85-72(53-17-5-3-6-18-53)48-73(86-80)54-19-7-4-8-20-54)29-34-67(79)66-27-9-10-28-74(66)87-75-35-30-59(55-21-11-15-51(39-55)49-81)43-68(75)69-44-60(31-36-76(69)87)56-22-12-16-52(40-56)50-82/h3-48H. The van der Waals surface area contributed by atoms with Crippen LogP contribution in [0.1, 0.15) is 11.1 Å². The molecule has 88 heavy (non-hydrogen) atoms. The van der Waals surface area contributed by atoms with Gasteiger partial charge < -0.3 is 9.13 Å². The van der Waals surface area contributed by atoms with E-state index in [1.165, 1.54) is 0 Å². The smallest absolute Gasteiger partial charge is 0.187 e. The molecule has 406 valence electrons. The van der Waals surface area contributed by atoms with Crippen molar-refractivity contribution in [2.24, 2.45) is 0 Å². The van der Waals surface area contributed by atoms with E-state index in [0.29, 0.717) is 28.3 Å². The highest BCUT2D eigenvalue weighted by molar-refractivity contribution is 6.14. The van der Waals surface area contributed by atoms with Crippen LogP contribution < -0.4 is 0 Å². The van der Waals surface area contributed by atoms with E-state index in [1.54, 1.807) is 0 Å². The Morgan fingerprint density at radius 3 is 1.10 bits per heavy atom. The van der Waals surface area contributed by atoms with Gasteiger partial charge in [-0.1, -0.05) is 176 Å². The van der Waals surface area contributed by atoms with Gasteiger partial charge in [0, 0.05) is 49.4 Å². The minimum atomic E-state index is 0.566. The summed E-state index contributed by atoms with van der Waals surface area (Å²) in [5.41, 5.74) is 22.0. The maximum absolute atomic E-state index is 9.96. The molecule has 0 saturated carbocycles. The molecule has 15 rings (SSSR count). The Hall–Kier alpha value is -12.7. The maximum atomic E-state index is 9.96. The van der Waals surface area contributed by atoms with Crippen molar-refractivity contribution < 1.29 is 0 Å². The number of fused-ring (bicyclic) bond motifs is 6. The highest BCUT2D eigenvalue weighted by atomic mass is 15.0. The van der Waals surface area contributed by atoms with Crippen molar-refractivity contribution in [3.05, 3.63) is 313 Å². The van der Waals surface area contributed by atoms with Crippen molar-refractivity contribution in [3.63, 3.8) is 0 Å². The van der Waals surface area contributed by atoms with Crippen molar-refractivity contribution in [1.29, 1.82) is 10.5 Å². The molecule has 0 atom stereocenters. The molecule has 12 aromatic carbocycles. The number of nitrogens with zero attached hydrogens (tertiary/aromatic N) is 8. The summed E-state index contributed by atoms with van der Waals surface area (Å²) in [5, 5.41) is 24.0. The minimum absolute atomic E-state index is 0.566. The Morgan fingerprint density at radius 1 is 0.295 bits per heavy atom. The lowest BCUT2D eigenvalue weighted by Crippen LogP contribution is -2.03. The highest BCUT2D eigenvalue weighted by Crippen LogP contribution is 2.45. The van der Waals surface area contributed by atoms with Gasteiger partial charge in [-0.15, -0.1) is 0 Å². The predicted octanol–water partition coefficient (Wildman–Crippen LogP) is 20.9. The van der Waals surface area contributed by atoms with E-state index >= 15 is 0 Å². The molecule has 0 spiro atoms. The molecule has 8 nitrogen and oxygen atoms in total. The third kappa shape index (κ3) is 9.26. The van der Waals surface area contributed by atoms with E-state index in [1.807, 2.05) is 121 Å². The van der Waals surface area contributed by atoms with Crippen molar-refractivity contribution in [2.75, 3.05) is 0 Å². The van der Waals surface area contributed by atoms with E-state index < -0.39 is 0 Å². The third-order valence-electron chi connectivity index (χ3n) is 16.6. The monoisotopic (exact) mass is 1120 g/mol. The van der Waals surface area contributed by atoms with Crippen LogP contribution in [-0.2, 0) is 0 Å². The molecular weight excluding hydrogens is 1070 g/mol. The fourth-order valence-electron chi connectivity index (χ4n) is 12.4. The Bertz CT molecular complexity index is 5220. The number of hydrogen-bond acceptors (Lipinski definition) is 4. The molecule has 8 heteroatoms. The van der Waals surface area contributed by atoms with E-state index in [0.717, 1.165) is 139 Å². The van der Waals surface area contributed by atoms with Crippen LogP contribution >= 0.6 is 0 Å². The number of benzene rings is 12. The summed E-state index contributed by atoms with van der Waals surface area (Å²) in [5.74, 6) is 0.570. The number of aromatic nitrogens is 4. The molecular formula is C80H46N8. The van der Waals surface area contributed by atoms with Crippen molar-refractivity contribution in [3.8, 4) is 113 Å². The molecule has 3 heterocycles. The largest absolute Gasteiger partial charge is 0.309 e. The lowest BCUT2D eigenvalue weighted by atomic mass is 9.98. The van der Waals surface area contributed by atoms with Gasteiger partial charge in [-0.3, -0.25) is 0 Å². The number of rotatable bonds is 10. The molecule has 0 saturated heterocycles. The fraction of sp³-hybridized carbons (Fsp3) is 0. The zero-order chi connectivity index (χ0) is 59.2. The van der Waals surface area contributed by atoms with Gasteiger partial charge in [0.05, 0.1) is 81.2 Å². The highest BCUT2D eigenvalue weighted by Gasteiger charge is 2.24. The van der Waals surface area contributed by atoms with Gasteiger partial charge in [-0.25, -0.2) is 19.7 Å². The molecule has 0 bridgehead atoms. The average Bonchev–Trinajstić information content (AvgIpc) is 1.62. The number of hydrogen-bond donors (Lipinski definition) is 0. The lowest BCUT2D eigenvalue weighted by molar-refractivity contribution is 1.15. The fourth-order valence-corrected chi connectivity index (χ4v) is 12.4. The van der Waals surface area contributed by atoms with Gasteiger partial charge in [0.2, 0.25) is 0 Å². The Morgan fingerprint density at radius 2 is 0.659 bits per heavy atom. The normalized spacial score (nSPS) is 11.1. The summed E-state index contributed by atoms with van der Waals surface area (Å²) in [6.07, 6.45) is 0. The van der Waals surface area contributed by atoms with Crippen LogP contribution in [0.2, 0.25) is 0 Å². The van der Waals surface area contributed by atoms with E-state index in [4.69, 9.17) is 23.1 Å². The molecule has 0 radical (unpaired) electrons. The lowest BCUT2D eigenvalue weighted by Gasteiger charge is -2.20. The Kier molecular flexibility index (Phi) is 12.9. The Balaban J connectivity index is 1.02. The maximum Gasteiger partial charge on any atom is 0.187 e. The first-order valence-corrected chi connectivity index (χ1v) is 28.8. The van der Waals surface area contributed by atoms with Gasteiger partial charge in [0.1, 0.15) is 0 Å². The molecule has 15 aromatic rings. The summed E-state index contributed by atoms with van der Waals surface area (Å²) >= 11 is 0. The van der Waals surface area contributed by atoms with Crippen molar-refractivity contribution in [2.45, 2.75) is 0 Å². The number of para-hydroxylation sites is 1. The Labute approximate surface area is 507 Å². The van der Waals surface area contributed by atoms with Gasteiger partial charge in [0.15, 0.2) is 17.2 Å². The number of nitriles is 2. The molecule has 0 fully saturated rings. The van der Waals surface area contributed by atoms with Gasteiger partial charge in [-0.2, -0.15) is 10.5 Å². The average molecular weight is 1120 g/mol. The zero-order valence-electron chi connectivity index (χ0n) is 47.1. The second-order valence-electron chi connectivity index (χ2n) is 21.8. The van der Waals surface area contributed by atoms with Gasteiger partial charge in [-0.05, 0) is 148 Å². The van der Waals surface area contributed by atoms with Crippen LogP contribution in [0.15, 0.2) is 279 Å². The van der Waals surface area contributed by atoms with Crippen LogP contribution in [0.5, 0.6) is 0 Å². The first kappa shape index (κ1) is 52.1. The van der Waals surface area contributed by atoms with E-state index in [9.17, 15) is 10.5 Å². The summed E-state index contributed by atoms with van der Waals surface area (Å²) in [4.78, 5) is 18.3. The molecule has 0 aliphatic carbocycles. The summed E-state index contributed by atoms with van der Waals surface area (Å²) in [6, 6.07) is 99.6. The molecule has 0 amide bonds. The summed E-state index contributed by atoms with van der Waals surface area (Å²) in [6.45, 7) is 15.8.